The Morgan fingerprint density at radius 1 is 0.881 bits per heavy atom. The molecule has 0 spiro atoms. The molecule has 0 amide bonds. The second-order valence-corrected chi connectivity index (χ2v) is 17.4. The largest absolute Gasteiger partial charge is 0.481 e. The number of hydrogen-bond donors (Lipinski definition) is 4. The fourth-order valence-corrected chi connectivity index (χ4v) is 11.9. The fourth-order valence-electron chi connectivity index (χ4n) is 11.9. The predicted octanol–water partition coefficient (Wildman–Crippen LogP) is 5.70. The SMILES string of the molecule is CC1(C)CC[C@]2(C(=O)O)CC[C@]3(C)C(=CC[C@@H]4[C@@]5(C)CC[C@H](O[C@@H]6OC[C@H](O)[C@@H](O)[C@@H]6O)C(C)(C)[C@@H]5CC[C@]43C)[C@@H]2C1. The highest BCUT2D eigenvalue weighted by Gasteiger charge is 2.69. The maximum Gasteiger partial charge on any atom is 0.310 e. The van der Waals surface area contributed by atoms with Gasteiger partial charge in [0.2, 0.25) is 0 Å². The molecule has 238 valence electrons. The van der Waals surface area contributed by atoms with E-state index in [4.69, 9.17) is 9.47 Å². The number of carboxylic acids is 1. The molecule has 6 rings (SSSR count). The van der Waals surface area contributed by atoms with Crippen LogP contribution in [0.1, 0.15) is 113 Å². The second-order valence-electron chi connectivity index (χ2n) is 17.4. The van der Waals surface area contributed by atoms with Gasteiger partial charge >= 0.3 is 5.97 Å². The third-order valence-electron chi connectivity index (χ3n) is 14.8. The molecule has 42 heavy (non-hydrogen) atoms. The summed E-state index contributed by atoms with van der Waals surface area (Å²) in [6.45, 7) is 16.8. The quantitative estimate of drug-likeness (QED) is 0.247. The van der Waals surface area contributed by atoms with Gasteiger partial charge in [-0.05, 0) is 109 Å². The summed E-state index contributed by atoms with van der Waals surface area (Å²) in [5, 5.41) is 41.3. The van der Waals surface area contributed by atoms with Crippen molar-refractivity contribution in [1.82, 2.24) is 0 Å². The van der Waals surface area contributed by atoms with Crippen LogP contribution in [0.15, 0.2) is 11.6 Å². The molecule has 7 nitrogen and oxygen atoms in total. The molecule has 0 aromatic carbocycles. The van der Waals surface area contributed by atoms with E-state index in [9.17, 15) is 25.2 Å². The molecule has 0 aromatic rings. The van der Waals surface area contributed by atoms with Crippen LogP contribution in [0.2, 0.25) is 0 Å². The van der Waals surface area contributed by atoms with Crippen molar-refractivity contribution in [3.05, 3.63) is 11.6 Å². The molecular weight excluding hydrogens is 532 g/mol. The monoisotopic (exact) mass is 588 g/mol. The highest BCUT2D eigenvalue weighted by Crippen LogP contribution is 2.75. The molecule has 4 N–H and O–H groups in total. The van der Waals surface area contributed by atoms with Gasteiger partial charge in [-0.3, -0.25) is 4.79 Å². The number of carbonyl (C=O) groups is 1. The Hall–Kier alpha value is -0.990. The van der Waals surface area contributed by atoms with Gasteiger partial charge in [-0.25, -0.2) is 0 Å². The summed E-state index contributed by atoms with van der Waals surface area (Å²) in [6.07, 6.45) is 7.38. The summed E-state index contributed by atoms with van der Waals surface area (Å²) in [4.78, 5) is 12.9. The van der Waals surface area contributed by atoms with Gasteiger partial charge in [0.25, 0.3) is 0 Å². The topological polar surface area (TPSA) is 116 Å². The fraction of sp³-hybridized carbons (Fsp3) is 0.914. The summed E-state index contributed by atoms with van der Waals surface area (Å²) in [5.74, 6) is 0.465. The first-order valence-corrected chi connectivity index (χ1v) is 16.7. The molecular formula is C35H56O7. The number of fused-ring (bicyclic) bond motifs is 7. The standard InChI is InChI=1S/C35H56O7/c1-30(2)14-16-35(29(39)40)17-15-33(6)20(21(35)18-30)8-9-24-32(5)12-11-25(31(3,4)23(32)10-13-34(24,33)7)42-28-27(38)26(37)22(36)19-41-28/h8,21-28,36-38H,9-19H2,1-7H3,(H,39,40)/t21-,22-,23-,24+,25-,26+,27-,28-,32-,33+,34+,35-/m0/s1. The van der Waals surface area contributed by atoms with Crippen molar-refractivity contribution in [3.8, 4) is 0 Å². The van der Waals surface area contributed by atoms with Crippen LogP contribution >= 0.6 is 0 Å². The predicted molar refractivity (Wildman–Crippen MR) is 159 cm³/mol. The van der Waals surface area contributed by atoms with Crippen LogP contribution in [-0.2, 0) is 14.3 Å². The average Bonchev–Trinajstić information content (AvgIpc) is 2.90. The number of aliphatic hydroxyl groups is 3. The summed E-state index contributed by atoms with van der Waals surface area (Å²) >= 11 is 0. The smallest absolute Gasteiger partial charge is 0.310 e. The van der Waals surface area contributed by atoms with Gasteiger partial charge in [-0.15, -0.1) is 0 Å². The molecule has 5 fully saturated rings. The zero-order valence-electron chi connectivity index (χ0n) is 27.0. The lowest BCUT2D eigenvalue weighted by atomic mass is 9.33. The minimum Gasteiger partial charge on any atom is -0.481 e. The lowest BCUT2D eigenvalue weighted by Crippen LogP contribution is -2.65. The number of carboxylic acid groups (broad SMARTS) is 1. The van der Waals surface area contributed by atoms with Crippen LogP contribution in [-0.4, -0.2) is 63.7 Å². The normalized spacial score (nSPS) is 53.0. The number of aliphatic carboxylic acids is 1. The Morgan fingerprint density at radius 2 is 1.57 bits per heavy atom. The maximum absolute atomic E-state index is 12.9. The maximum atomic E-state index is 12.9. The van der Waals surface area contributed by atoms with Gasteiger partial charge in [-0.1, -0.05) is 60.1 Å². The van der Waals surface area contributed by atoms with Crippen LogP contribution in [0, 0.1) is 50.2 Å². The first kappa shape index (κ1) is 31.0. The number of allylic oxidation sites excluding steroid dienone is 2. The van der Waals surface area contributed by atoms with Crippen molar-refractivity contribution in [2.75, 3.05) is 6.61 Å². The van der Waals surface area contributed by atoms with Crippen molar-refractivity contribution in [1.29, 1.82) is 0 Å². The Bertz CT molecular complexity index is 1130. The summed E-state index contributed by atoms with van der Waals surface area (Å²) in [5.41, 5.74) is 1.05. The molecule has 7 heteroatoms. The molecule has 4 saturated carbocycles. The van der Waals surface area contributed by atoms with Crippen molar-refractivity contribution in [3.63, 3.8) is 0 Å². The first-order valence-electron chi connectivity index (χ1n) is 16.7. The molecule has 0 bridgehead atoms. The third-order valence-corrected chi connectivity index (χ3v) is 14.8. The third kappa shape index (κ3) is 4.12. The number of rotatable bonds is 3. The minimum atomic E-state index is -1.27. The molecule has 5 aliphatic carbocycles. The molecule has 12 atom stereocenters. The van der Waals surface area contributed by atoms with Crippen molar-refractivity contribution < 1.29 is 34.7 Å². The zero-order valence-corrected chi connectivity index (χ0v) is 27.0. The second kappa shape index (κ2) is 9.75. The number of aliphatic hydroxyl groups excluding tert-OH is 3. The number of hydrogen-bond acceptors (Lipinski definition) is 6. The van der Waals surface area contributed by atoms with Crippen molar-refractivity contribution in [2.45, 2.75) is 143 Å². The summed E-state index contributed by atoms with van der Waals surface area (Å²) in [6, 6.07) is 0. The van der Waals surface area contributed by atoms with E-state index in [0.29, 0.717) is 11.8 Å². The van der Waals surface area contributed by atoms with Crippen LogP contribution < -0.4 is 0 Å². The zero-order chi connectivity index (χ0) is 30.7. The number of ether oxygens (including phenoxy) is 2. The van der Waals surface area contributed by atoms with E-state index in [-0.39, 0.29) is 45.7 Å². The molecule has 6 aliphatic rings. The van der Waals surface area contributed by atoms with E-state index in [1.165, 1.54) is 5.57 Å². The molecule has 0 radical (unpaired) electrons. The summed E-state index contributed by atoms with van der Waals surface area (Å²) in [7, 11) is 0. The van der Waals surface area contributed by atoms with Crippen LogP contribution in [0.3, 0.4) is 0 Å². The van der Waals surface area contributed by atoms with Gasteiger partial charge in [0.1, 0.15) is 18.3 Å². The first-order chi connectivity index (χ1) is 19.4. The van der Waals surface area contributed by atoms with Crippen LogP contribution in [0.5, 0.6) is 0 Å². The van der Waals surface area contributed by atoms with Gasteiger partial charge in [-0.2, -0.15) is 0 Å². The van der Waals surface area contributed by atoms with Crippen molar-refractivity contribution >= 4 is 5.97 Å². The Labute approximate surface area is 252 Å². The lowest BCUT2D eigenvalue weighted by Gasteiger charge is -2.71. The molecule has 1 saturated heterocycles. The Kier molecular flexibility index (Phi) is 7.20. The lowest BCUT2D eigenvalue weighted by molar-refractivity contribution is -0.308. The highest BCUT2D eigenvalue weighted by atomic mass is 16.7. The van der Waals surface area contributed by atoms with E-state index in [0.717, 1.165) is 64.2 Å². The Balaban J connectivity index is 1.30. The minimum absolute atomic E-state index is 0.00452. The highest BCUT2D eigenvalue weighted by molar-refractivity contribution is 5.76. The van der Waals surface area contributed by atoms with E-state index in [1.807, 2.05) is 0 Å². The summed E-state index contributed by atoms with van der Waals surface area (Å²) < 4.78 is 12.1. The Morgan fingerprint density at radius 3 is 2.26 bits per heavy atom. The average molecular weight is 589 g/mol. The van der Waals surface area contributed by atoms with E-state index in [2.05, 4.69) is 54.5 Å². The molecule has 1 aliphatic heterocycles. The van der Waals surface area contributed by atoms with Gasteiger partial charge < -0.3 is 29.9 Å². The van der Waals surface area contributed by atoms with Crippen LogP contribution in [0.4, 0.5) is 0 Å². The van der Waals surface area contributed by atoms with Crippen molar-refractivity contribution in [2.24, 2.45) is 50.2 Å². The van der Waals surface area contributed by atoms with E-state index < -0.39 is 36.0 Å². The molecule has 0 unspecified atom stereocenters. The van der Waals surface area contributed by atoms with Crippen LogP contribution in [0.25, 0.3) is 0 Å². The van der Waals surface area contributed by atoms with Gasteiger partial charge in [0, 0.05) is 0 Å². The molecule has 1 heterocycles. The van der Waals surface area contributed by atoms with E-state index >= 15 is 0 Å². The van der Waals surface area contributed by atoms with E-state index in [1.54, 1.807) is 0 Å². The van der Waals surface area contributed by atoms with Gasteiger partial charge in [0.05, 0.1) is 18.1 Å². The van der Waals surface area contributed by atoms with Gasteiger partial charge in [0.15, 0.2) is 6.29 Å². The molecule has 0 aromatic heterocycles.